The summed E-state index contributed by atoms with van der Waals surface area (Å²) in [6, 6.07) is 15.2. The van der Waals surface area contributed by atoms with Crippen molar-refractivity contribution in [3.63, 3.8) is 0 Å². The van der Waals surface area contributed by atoms with Crippen molar-refractivity contribution in [2.24, 2.45) is 0 Å². The number of furan rings is 1. The third-order valence-electron chi connectivity index (χ3n) is 3.64. The number of amides is 2. The standard InChI is InChI=1S/C20H19N3O4/c1-2-26-15-10-8-14(9-11-15)22-20(25)18-7-3-6-17(23-18)19(24)21-13-16-5-4-12-27-16/h3-12H,2,13H2,1H3,(H,21,24)(H,22,25). The van der Waals surface area contributed by atoms with Crippen LogP contribution in [0.4, 0.5) is 5.69 Å². The average Bonchev–Trinajstić information content (AvgIpc) is 3.21. The van der Waals surface area contributed by atoms with Gasteiger partial charge in [0.2, 0.25) is 0 Å². The van der Waals surface area contributed by atoms with Crippen molar-refractivity contribution in [3.8, 4) is 5.75 Å². The number of pyridine rings is 1. The van der Waals surface area contributed by atoms with E-state index in [9.17, 15) is 9.59 Å². The molecule has 0 unspecified atom stereocenters. The summed E-state index contributed by atoms with van der Waals surface area (Å²) in [4.78, 5) is 28.7. The second-order valence-electron chi connectivity index (χ2n) is 5.58. The first-order valence-electron chi connectivity index (χ1n) is 8.47. The first-order chi connectivity index (χ1) is 13.2. The molecular formula is C20H19N3O4. The Morgan fingerprint density at radius 3 is 2.41 bits per heavy atom. The van der Waals surface area contributed by atoms with Crippen LogP contribution in [0.2, 0.25) is 0 Å². The van der Waals surface area contributed by atoms with E-state index >= 15 is 0 Å². The van der Waals surface area contributed by atoms with Crippen molar-refractivity contribution in [1.82, 2.24) is 10.3 Å². The fraction of sp³-hybridized carbons (Fsp3) is 0.150. The molecule has 0 aliphatic carbocycles. The van der Waals surface area contributed by atoms with Crippen molar-refractivity contribution >= 4 is 17.5 Å². The van der Waals surface area contributed by atoms with Crippen LogP contribution >= 0.6 is 0 Å². The summed E-state index contributed by atoms with van der Waals surface area (Å²) in [5, 5.41) is 5.44. The Morgan fingerprint density at radius 1 is 1.00 bits per heavy atom. The highest BCUT2D eigenvalue weighted by Crippen LogP contribution is 2.16. The summed E-state index contributed by atoms with van der Waals surface area (Å²) in [5.74, 6) is 0.568. The number of ether oxygens (including phenoxy) is 1. The Kier molecular flexibility index (Phi) is 5.84. The van der Waals surface area contributed by atoms with Gasteiger partial charge in [0.25, 0.3) is 11.8 Å². The molecule has 3 rings (SSSR count). The predicted molar refractivity (Wildman–Crippen MR) is 99.7 cm³/mol. The van der Waals surface area contributed by atoms with Gasteiger partial charge in [-0.2, -0.15) is 0 Å². The van der Waals surface area contributed by atoms with E-state index in [4.69, 9.17) is 9.15 Å². The third-order valence-corrected chi connectivity index (χ3v) is 3.64. The van der Waals surface area contributed by atoms with Crippen LogP contribution < -0.4 is 15.4 Å². The Hall–Kier alpha value is -3.61. The second-order valence-corrected chi connectivity index (χ2v) is 5.58. The predicted octanol–water partition coefficient (Wildman–Crippen LogP) is 3.26. The van der Waals surface area contributed by atoms with Crippen molar-refractivity contribution in [1.29, 1.82) is 0 Å². The molecule has 27 heavy (non-hydrogen) atoms. The van der Waals surface area contributed by atoms with Gasteiger partial charge in [-0.1, -0.05) is 6.07 Å². The van der Waals surface area contributed by atoms with Gasteiger partial charge in [-0.15, -0.1) is 0 Å². The summed E-state index contributed by atoms with van der Waals surface area (Å²) in [7, 11) is 0. The van der Waals surface area contributed by atoms with E-state index in [1.807, 2.05) is 6.92 Å². The van der Waals surface area contributed by atoms with E-state index in [1.165, 1.54) is 6.26 Å². The molecule has 0 radical (unpaired) electrons. The van der Waals surface area contributed by atoms with Crippen LogP contribution in [-0.4, -0.2) is 23.4 Å². The van der Waals surface area contributed by atoms with Gasteiger partial charge in [-0.3, -0.25) is 9.59 Å². The number of aromatic nitrogens is 1. The molecule has 3 aromatic rings. The molecule has 0 aliphatic rings. The van der Waals surface area contributed by atoms with Crippen molar-refractivity contribution in [3.05, 3.63) is 78.0 Å². The molecule has 2 heterocycles. The number of hydrogen-bond donors (Lipinski definition) is 2. The lowest BCUT2D eigenvalue weighted by atomic mass is 10.2. The molecule has 7 nitrogen and oxygen atoms in total. The quantitative estimate of drug-likeness (QED) is 0.670. The second kappa shape index (κ2) is 8.66. The molecule has 2 aromatic heterocycles. The van der Waals surface area contributed by atoms with E-state index in [0.29, 0.717) is 18.1 Å². The van der Waals surface area contributed by atoms with Gasteiger partial charge in [-0.25, -0.2) is 4.98 Å². The van der Waals surface area contributed by atoms with Gasteiger partial charge in [0, 0.05) is 5.69 Å². The largest absolute Gasteiger partial charge is 0.494 e. The van der Waals surface area contributed by atoms with Crippen molar-refractivity contribution < 1.29 is 18.7 Å². The zero-order valence-electron chi connectivity index (χ0n) is 14.8. The van der Waals surface area contributed by atoms with Crippen LogP contribution in [0.25, 0.3) is 0 Å². The summed E-state index contributed by atoms with van der Waals surface area (Å²) in [6.45, 7) is 2.72. The number of carbonyl (C=O) groups is 2. The number of anilines is 1. The topological polar surface area (TPSA) is 93.5 Å². The highest BCUT2D eigenvalue weighted by atomic mass is 16.5. The molecule has 0 saturated carbocycles. The minimum atomic E-state index is -0.403. The zero-order chi connectivity index (χ0) is 19.1. The first kappa shape index (κ1) is 18.2. The molecule has 0 saturated heterocycles. The highest BCUT2D eigenvalue weighted by molar-refractivity contribution is 6.03. The van der Waals surface area contributed by atoms with Crippen LogP contribution in [0.3, 0.4) is 0 Å². The molecule has 7 heteroatoms. The van der Waals surface area contributed by atoms with E-state index < -0.39 is 5.91 Å². The van der Waals surface area contributed by atoms with Gasteiger partial charge in [0.1, 0.15) is 22.9 Å². The van der Waals surface area contributed by atoms with Gasteiger partial charge in [0.15, 0.2) is 0 Å². The maximum Gasteiger partial charge on any atom is 0.274 e. The fourth-order valence-corrected chi connectivity index (χ4v) is 2.36. The minimum absolute atomic E-state index is 0.148. The minimum Gasteiger partial charge on any atom is -0.494 e. The molecule has 0 aliphatic heterocycles. The number of carbonyl (C=O) groups excluding carboxylic acids is 2. The molecule has 0 fully saturated rings. The molecule has 0 atom stereocenters. The van der Waals surface area contributed by atoms with Crippen LogP contribution in [0, 0.1) is 0 Å². The van der Waals surface area contributed by atoms with E-state index in [2.05, 4.69) is 15.6 Å². The number of nitrogens with zero attached hydrogens (tertiary/aromatic N) is 1. The average molecular weight is 365 g/mol. The molecule has 0 bridgehead atoms. The van der Waals surface area contributed by atoms with Gasteiger partial charge < -0.3 is 19.8 Å². The van der Waals surface area contributed by atoms with Crippen LogP contribution in [0.5, 0.6) is 5.75 Å². The zero-order valence-corrected chi connectivity index (χ0v) is 14.8. The SMILES string of the molecule is CCOc1ccc(NC(=O)c2cccc(C(=O)NCc3ccco3)n2)cc1. The fourth-order valence-electron chi connectivity index (χ4n) is 2.36. The number of hydrogen-bond acceptors (Lipinski definition) is 5. The van der Waals surface area contributed by atoms with E-state index in [-0.39, 0.29) is 23.8 Å². The summed E-state index contributed by atoms with van der Waals surface area (Å²) >= 11 is 0. The summed E-state index contributed by atoms with van der Waals surface area (Å²) in [5.41, 5.74) is 0.911. The molecule has 2 N–H and O–H groups in total. The molecule has 1 aromatic carbocycles. The van der Waals surface area contributed by atoms with Gasteiger partial charge >= 0.3 is 0 Å². The Morgan fingerprint density at radius 2 is 1.74 bits per heavy atom. The lowest BCUT2D eigenvalue weighted by Gasteiger charge is -2.08. The maximum absolute atomic E-state index is 12.4. The number of benzene rings is 1. The number of nitrogens with one attached hydrogen (secondary N) is 2. The number of rotatable bonds is 7. The molecule has 0 spiro atoms. The van der Waals surface area contributed by atoms with Crippen molar-refractivity contribution in [2.45, 2.75) is 13.5 Å². The maximum atomic E-state index is 12.4. The van der Waals surface area contributed by atoms with Crippen molar-refractivity contribution in [2.75, 3.05) is 11.9 Å². The Labute approximate surface area is 156 Å². The summed E-state index contributed by atoms with van der Waals surface area (Å²) < 4.78 is 10.5. The first-order valence-corrected chi connectivity index (χ1v) is 8.47. The smallest absolute Gasteiger partial charge is 0.274 e. The normalized spacial score (nSPS) is 10.3. The Balaban J connectivity index is 1.63. The molecular weight excluding hydrogens is 346 g/mol. The third kappa shape index (κ3) is 4.94. The van der Waals surface area contributed by atoms with Gasteiger partial charge in [-0.05, 0) is 55.5 Å². The molecule has 138 valence electrons. The monoisotopic (exact) mass is 365 g/mol. The van der Waals surface area contributed by atoms with Crippen LogP contribution in [0.1, 0.15) is 33.7 Å². The van der Waals surface area contributed by atoms with Crippen LogP contribution in [-0.2, 0) is 6.54 Å². The summed E-state index contributed by atoms with van der Waals surface area (Å²) in [6.07, 6.45) is 1.53. The van der Waals surface area contributed by atoms with Gasteiger partial charge in [0.05, 0.1) is 19.4 Å². The Bertz CT molecular complexity index is 905. The lowest BCUT2D eigenvalue weighted by Crippen LogP contribution is -2.24. The van der Waals surface area contributed by atoms with E-state index in [0.717, 1.165) is 5.75 Å². The highest BCUT2D eigenvalue weighted by Gasteiger charge is 2.13. The van der Waals surface area contributed by atoms with Crippen LogP contribution in [0.15, 0.2) is 65.3 Å². The van der Waals surface area contributed by atoms with E-state index in [1.54, 1.807) is 54.6 Å². The lowest BCUT2D eigenvalue weighted by molar-refractivity contribution is 0.0943. The molecule has 2 amide bonds.